The topological polar surface area (TPSA) is 68.9 Å². The van der Waals surface area contributed by atoms with Crippen LogP contribution in [0.15, 0.2) is 71.7 Å². The van der Waals surface area contributed by atoms with Crippen molar-refractivity contribution in [3.63, 3.8) is 0 Å². The molecule has 146 valence electrons. The van der Waals surface area contributed by atoms with Crippen molar-refractivity contribution < 1.29 is 9.18 Å². The summed E-state index contributed by atoms with van der Waals surface area (Å²) in [4.78, 5) is 23.9. The molecule has 0 aliphatic rings. The Hall–Kier alpha value is -3.74. The van der Waals surface area contributed by atoms with Crippen molar-refractivity contribution in [2.24, 2.45) is 0 Å². The van der Waals surface area contributed by atoms with Gasteiger partial charge in [0.25, 0.3) is 5.56 Å². The first-order chi connectivity index (χ1) is 14.0. The molecule has 0 atom stereocenters. The molecule has 0 saturated carbocycles. The molecule has 0 aliphatic heterocycles. The SMILES string of the molecule is CCC(=O)Nc1cccc(Cn2nc(-n3ccc4ccc(F)cc43)ccc2=O)c1. The van der Waals surface area contributed by atoms with E-state index in [0.717, 1.165) is 10.9 Å². The molecule has 4 rings (SSSR count). The third kappa shape index (κ3) is 3.94. The molecule has 0 radical (unpaired) electrons. The summed E-state index contributed by atoms with van der Waals surface area (Å²) in [6.07, 6.45) is 2.18. The normalized spacial score (nSPS) is 11.0. The number of carbonyl (C=O) groups excluding carboxylic acids is 1. The fourth-order valence-corrected chi connectivity index (χ4v) is 3.15. The summed E-state index contributed by atoms with van der Waals surface area (Å²) in [5.41, 5.74) is 1.92. The Bertz CT molecular complexity index is 1260. The molecule has 2 aromatic carbocycles. The van der Waals surface area contributed by atoms with Gasteiger partial charge >= 0.3 is 0 Å². The molecule has 6 nitrogen and oxygen atoms in total. The Kier molecular flexibility index (Phi) is 4.95. The summed E-state index contributed by atoms with van der Waals surface area (Å²) in [6.45, 7) is 2.03. The van der Waals surface area contributed by atoms with E-state index in [1.165, 1.54) is 22.9 Å². The average Bonchev–Trinajstić information content (AvgIpc) is 3.13. The van der Waals surface area contributed by atoms with Crippen LogP contribution in [-0.2, 0) is 11.3 Å². The van der Waals surface area contributed by atoms with Gasteiger partial charge in [0, 0.05) is 29.8 Å². The number of carbonyl (C=O) groups is 1. The summed E-state index contributed by atoms with van der Waals surface area (Å²) in [5.74, 6) is 0.100. The van der Waals surface area contributed by atoms with Crippen molar-refractivity contribution in [1.82, 2.24) is 14.3 Å². The van der Waals surface area contributed by atoms with Crippen LogP contribution in [0, 0.1) is 5.82 Å². The van der Waals surface area contributed by atoms with Gasteiger partial charge in [0.2, 0.25) is 5.91 Å². The van der Waals surface area contributed by atoms with Gasteiger partial charge in [-0.15, -0.1) is 0 Å². The van der Waals surface area contributed by atoms with Gasteiger partial charge in [-0.2, -0.15) is 5.10 Å². The summed E-state index contributed by atoms with van der Waals surface area (Å²) >= 11 is 0. The van der Waals surface area contributed by atoms with Crippen LogP contribution < -0.4 is 10.9 Å². The zero-order chi connectivity index (χ0) is 20.4. The van der Waals surface area contributed by atoms with E-state index in [9.17, 15) is 14.0 Å². The van der Waals surface area contributed by atoms with Gasteiger partial charge in [-0.1, -0.05) is 19.1 Å². The summed E-state index contributed by atoms with van der Waals surface area (Å²) in [5, 5.41) is 8.14. The highest BCUT2D eigenvalue weighted by Gasteiger charge is 2.09. The van der Waals surface area contributed by atoms with Gasteiger partial charge < -0.3 is 5.32 Å². The van der Waals surface area contributed by atoms with Crippen molar-refractivity contribution in [2.75, 3.05) is 5.32 Å². The zero-order valence-corrected chi connectivity index (χ0v) is 15.8. The average molecular weight is 390 g/mol. The van der Waals surface area contributed by atoms with E-state index in [2.05, 4.69) is 10.4 Å². The maximum absolute atomic E-state index is 13.7. The van der Waals surface area contributed by atoms with E-state index in [4.69, 9.17) is 0 Å². The van der Waals surface area contributed by atoms with E-state index in [1.807, 2.05) is 24.3 Å². The molecule has 0 spiro atoms. The Morgan fingerprint density at radius 2 is 1.97 bits per heavy atom. The number of benzene rings is 2. The van der Waals surface area contributed by atoms with E-state index >= 15 is 0 Å². The van der Waals surface area contributed by atoms with E-state index in [-0.39, 0.29) is 23.8 Å². The van der Waals surface area contributed by atoms with Crippen LogP contribution >= 0.6 is 0 Å². The van der Waals surface area contributed by atoms with Gasteiger partial charge in [0.15, 0.2) is 5.82 Å². The van der Waals surface area contributed by atoms with Crippen molar-refractivity contribution in [3.05, 3.63) is 88.6 Å². The van der Waals surface area contributed by atoms with Gasteiger partial charge in [0.05, 0.1) is 12.1 Å². The Balaban J connectivity index is 1.67. The van der Waals surface area contributed by atoms with Gasteiger partial charge in [-0.25, -0.2) is 9.07 Å². The number of nitrogens with one attached hydrogen (secondary N) is 1. The number of anilines is 1. The minimum Gasteiger partial charge on any atom is -0.326 e. The van der Waals surface area contributed by atoms with Gasteiger partial charge in [-0.3, -0.25) is 14.2 Å². The first kappa shape index (κ1) is 18.6. The molecular weight excluding hydrogens is 371 g/mol. The molecule has 1 amide bonds. The molecule has 0 saturated heterocycles. The molecule has 2 heterocycles. The number of rotatable bonds is 5. The van der Waals surface area contributed by atoms with E-state index in [0.29, 0.717) is 23.4 Å². The maximum atomic E-state index is 13.7. The Labute approximate surface area is 166 Å². The van der Waals surface area contributed by atoms with Crippen LogP contribution in [0.25, 0.3) is 16.7 Å². The van der Waals surface area contributed by atoms with Crippen molar-refractivity contribution in [3.8, 4) is 5.82 Å². The molecule has 0 unspecified atom stereocenters. The second-order valence-electron chi connectivity index (χ2n) is 6.68. The predicted molar refractivity (Wildman–Crippen MR) is 110 cm³/mol. The molecule has 0 aliphatic carbocycles. The lowest BCUT2D eigenvalue weighted by atomic mass is 10.2. The number of amides is 1. The van der Waals surface area contributed by atoms with Crippen LogP contribution in [-0.4, -0.2) is 20.3 Å². The highest BCUT2D eigenvalue weighted by atomic mass is 19.1. The maximum Gasteiger partial charge on any atom is 0.267 e. The number of aromatic nitrogens is 3. The molecular formula is C22H19FN4O2. The largest absolute Gasteiger partial charge is 0.326 e. The first-order valence-electron chi connectivity index (χ1n) is 9.27. The predicted octanol–water partition coefficient (Wildman–Crippen LogP) is 3.72. The first-order valence-corrected chi connectivity index (χ1v) is 9.27. The lowest BCUT2D eigenvalue weighted by Gasteiger charge is -2.10. The van der Waals surface area contributed by atoms with Crippen LogP contribution in [0.1, 0.15) is 18.9 Å². The monoisotopic (exact) mass is 390 g/mol. The standard InChI is InChI=1S/C22H19FN4O2/c1-2-21(28)24-18-5-3-4-15(12-18)14-27-22(29)9-8-20(25-27)26-11-10-16-6-7-17(23)13-19(16)26/h3-13H,2,14H2,1H3,(H,24,28). The molecule has 1 N–H and O–H groups in total. The van der Waals surface area contributed by atoms with Crippen molar-refractivity contribution in [1.29, 1.82) is 0 Å². The van der Waals surface area contributed by atoms with Crippen molar-refractivity contribution in [2.45, 2.75) is 19.9 Å². The fraction of sp³-hybridized carbons (Fsp3) is 0.136. The third-order valence-electron chi connectivity index (χ3n) is 4.62. The Morgan fingerprint density at radius 3 is 2.79 bits per heavy atom. The fourth-order valence-electron chi connectivity index (χ4n) is 3.15. The quantitative estimate of drug-likeness (QED) is 0.565. The summed E-state index contributed by atoms with van der Waals surface area (Å²) < 4.78 is 16.8. The van der Waals surface area contributed by atoms with Crippen LogP contribution in [0.2, 0.25) is 0 Å². The van der Waals surface area contributed by atoms with Gasteiger partial charge in [-0.05, 0) is 48.0 Å². The van der Waals surface area contributed by atoms with Crippen molar-refractivity contribution >= 4 is 22.5 Å². The zero-order valence-electron chi connectivity index (χ0n) is 15.8. The summed E-state index contributed by atoms with van der Waals surface area (Å²) in [7, 11) is 0. The molecule has 4 aromatic rings. The van der Waals surface area contributed by atoms with E-state index < -0.39 is 0 Å². The molecule has 29 heavy (non-hydrogen) atoms. The number of hydrogen-bond donors (Lipinski definition) is 1. The lowest BCUT2D eigenvalue weighted by Crippen LogP contribution is -2.24. The molecule has 2 aromatic heterocycles. The minimum absolute atomic E-state index is 0.0776. The number of fused-ring (bicyclic) bond motifs is 1. The molecule has 0 fully saturated rings. The highest BCUT2D eigenvalue weighted by molar-refractivity contribution is 5.90. The van der Waals surface area contributed by atoms with Crippen LogP contribution in [0.3, 0.4) is 0 Å². The lowest BCUT2D eigenvalue weighted by molar-refractivity contribution is -0.115. The number of hydrogen-bond acceptors (Lipinski definition) is 3. The highest BCUT2D eigenvalue weighted by Crippen LogP contribution is 2.20. The number of nitrogens with zero attached hydrogens (tertiary/aromatic N) is 3. The van der Waals surface area contributed by atoms with Crippen LogP contribution in [0.4, 0.5) is 10.1 Å². The van der Waals surface area contributed by atoms with Crippen LogP contribution in [0.5, 0.6) is 0 Å². The number of halogens is 1. The second kappa shape index (κ2) is 7.71. The minimum atomic E-state index is -0.336. The smallest absolute Gasteiger partial charge is 0.267 e. The Morgan fingerprint density at radius 1 is 1.10 bits per heavy atom. The van der Waals surface area contributed by atoms with Gasteiger partial charge in [0.1, 0.15) is 5.82 Å². The third-order valence-corrected chi connectivity index (χ3v) is 4.62. The second-order valence-corrected chi connectivity index (χ2v) is 6.68. The summed E-state index contributed by atoms with van der Waals surface area (Å²) in [6, 6.07) is 16.8. The molecule has 7 heteroatoms. The van der Waals surface area contributed by atoms with E-state index in [1.54, 1.807) is 35.9 Å². The molecule has 0 bridgehead atoms.